The molecule has 1 amide bonds. The van der Waals surface area contributed by atoms with Crippen LogP contribution in [-0.2, 0) is 17.8 Å². The fourth-order valence-electron chi connectivity index (χ4n) is 3.26. The van der Waals surface area contributed by atoms with E-state index in [0.717, 1.165) is 35.7 Å². The van der Waals surface area contributed by atoms with Gasteiger partial charge in [0.2, 0.25) is 5.91 Å². The van der Waals surface area contributed by atoms with Gasteiger partial charge in [-0.1, -0.05) is 12.1 Å². The smallest absolute Gasteiger partial charge is 0.226 e. The van der Waals surface area contributed by atoms with Gasteiger partial charge in [-0.25, -0.2) is 9.97 Å². The summed E-state index contributed by atoms with van der Waals surface area (Å²) in [5, 5.41) is 6.81. The molecule has 7 heteroatoms. The quantitative estimate of drug-likeness (QED) is 0.746. The molecule has 1 atom stereocenters. The Morgan fingerprint density at radius 2 is 2.24 bits per heavy atom. The number of carbonyl (C=O) groups excluding carboxylic acids is 1. The molecule has 25 heavy (non-hydrogen) atoms. The Bertz CT molecular complexity index is 855. The molecule has 0 saturated carbocycles. The van der Waals surface area contributed by atoms with Crippen molar-refractivity contribution in [3.05, 3.63) is 45.4 Å². The highest BCUT2D eigenvalue weighted by Gasteiger charge is 2.29. The maximum atomic E-state index is 11.5. The lowest BCUT2D eigenvalue weighted by molar-refractivity contribution is -0.119. The predicted octanol–water partition coefficient (Wildman–Crippen LogP) is 3.38. The van der Waals surface area contributed by atoms with Gasteiger partial charge in [0.1, 0.15) is 10.0 Å². The molecule has 1 saturated heterocycles. The topological polar surface area (TPSA) is 58.1 Å². The highest BCUT2D eigenvalue weighted by atomic mass is 32.1. The summed E-state index contributed by atoms with van der Waals surface area (Å²) in [6, 6.07) is 8.71. The Labute approximate surface area is 154 Å². The zero-order chi connectivity index (χ0) is 17.2. The normalized spacial score (nSPS) is 18.0. The van der Waals surface area contributed by atoms with Gasteiger partial charge in [-0.05, 0) is 31.5 Å². The van der Waals surface area contributed by atoms with Crippen molar-refractivity contribution in [2.75, 3.05) is 13.6 Å². The first-order valence-electron chi connectivity index (χ1n) is 8.46. The number of nitrogens with one attached hydrogen (secondary N) is 1. The molecule has 0 spiro atoms. The molecule has 1 aromatic carbocycles. The van der Waals surface area contributed by atoms with Crippen LogP contribution < -0.4 is 5.32 Å². The lowest BCUT2D eigenvalue weighted by atomic mass is 10.2. The van der Waals surface area contributed by atoms with E-state index in [1.165, 1.54) is 16.1 Å². The van der Waals surface area contributed by atoms with E-state index in [9.17, 15) is 4.79 Å². The highest BCUT2D eigenvalue weighted by Crippen LogP contribution is 2.37. The van der Waals surface area contributed by atoms with Gasteiger partial charge in [-0.3, -0.25) is 9.69 Å². The van der Waals surface area contributed by atoms with Crippen molar-refractivity contribution >= 4 is 38.8 Å². The second-order valence-corrected chi connectivity index (χ2v) is 8.24. The van der Waals surface area contributed by atoms with Gasteiger partial charge in [0.15, 0.2) is 0 Å². The van der Waals surface area contributed by atoms with Crippen LogP contribution in [0.5, 0.6) is 0 Å². The lowest BCUT2D eigenvalue weighted by Gasteiger charge is -2.21. The minimum absolute atomic E-state index is 0.00873. The van der Waals surface area contributed by atoms with Crippen LogP contribution in [0.3, 0.4) is 0 Å². The van der Waals surface area contributed by atoms with Crippen molar-refractivity contribution < 1.29 is 4.79 Å². The van der Waals surface area contributed by atoms with E-state index in [0.29, 0.717) is 12.5 Å². The van der Waals surface area contributed by atoms with Gasteiger partial charge in [0.05, 0.1) is 28.4 Å². The Hall–Kier alpha value is -1.83. The van der Waals surface area contributed by atoms with Gasteiger partial charge in [-0.2, -0.15) is 0 Å². The van der Waals surface area contributed by atoms with Crippen LogP contribution in [0.1, 0.15) is 34.6 Å². The fraction of sp³-hybridized carbons (Fsp3) is 0.389. The van der Waals surface area contributed by atoms with Crippen LogP contribution >= 0.6 is 22.7 Å². The first-order valence-corrected chi connectivity index (χ1v) is 10.2. The Morgan fingerprint density at radius 1 is 1.36 bits per heavy atom. The number of thiazole rings is 2. The summed E-state index contributed by atoms with van der Waals surface area (Å²) < 4.78 is 1.26. The highest BCUT2D eigenvalue weighted by molar-refractivity contribution is 7.18. The third-order valence-electron chi connectivity index (χ3n) is 4.51. The second kappa shape index (κ2) is 7.19. The number of para-hydroxylation sites is 1. The molecular formula is C18H20N4OS2. The van der Waals surface area contributed by atoms with Crippen molar-refractivity contribution in [1.82, 2.24) is 20.2 Å². The van der Waals surface area contributed by atoms with E-state index in [2.05, 4.69) is 38.8 Å². The third kappa shape index (κ3) is 3.58. The van der Waals surface area contributed by atoms with Gasteiger partial charge < -0.3 is 5.32 Å². The molecule has 3 aromatic rings. The Morgan fingerprint density at radius 3 is 3.08 bits per heavy atom. The number of likely N-dealkylation sites (N-methyl/N-ethyl adjacent to an activating group) is 1. The first-order chi connectivity index (χ1) is 12.2. The van der Waals surface area contributed by atoms with Crippen LogP contribution in [0.2, 0.25) is 0 Å². The van der Waals surface area contributed by atoms with Gasteiger partial charge in [0, 0.05) is 19.0 Å². The molecule has 0 unspecified atom stereocenters. The number of aromatic nitrogens is 2. The van der Waals surface area contributed by atoms with E-state index in [1.807, 2.05) is 6.07 Å². The van der Waals surface area contributed by atoms with Crippen molar-refractivity contribution in [3.8, 4) is 0 Å². The molecule has 1 fully saturated rings. The van der Waals surface area contributed by atoms with Crippen molar-refractivity contribution in [1.29, 1.82) is 0 Å². The van der Waals surface area contributed by atoms with Gasteiger partial charge in [-0.15, -0.1) is 22.7 Å². The SMILES string of the molecule is CNC(=O)Cc1nc(CN2CCC[C@H]2c2nc3ccccc3s2)cs1. The summed E-state index contributed by atoms with van der Waals surface area (Å²) in [7, 11) is 1.66. The number of benzene rings is 1. The monoisotopic (exact) mass is 372 g/mol. The lowest BCUT2D eigenvalue weighted by Crippen LogP contribution is -2.23. The third-order valence-corrected chi connectivity index (χ3v) is 6.55. The maximum Gasteiger partial charge on any atom is 0.226 e. The zero-order valence-corrected chi connectivity index (χ0v) is 15.7. The minimum Gasteiger partial charge on any atom is -0.359 e. The molecule has 1 aliphatic rings. The number of hydrogen-bond acceptors (Lipinski definition) is 6. The van der Waals surface area contributed by atoms with Crippen LogP contribution in [0.25, 0.3) is 10.2 Å². The second-order valence-electron chi connectivity index (χ2n) is 6.23. The Balaban J connectivity index is 1.49. The van der Waals surface area contributed by atoms with Crippen molar-refractivity contribution in [2.24, 2.45) is 0 Å². The van der Waals surface area contributed by atoms with Crippen molar-refractivity contribution in [2.45, 2.75) is 31.8 Å². The number of carbonyl (C=O) groups is 1. The summed E-state index contributed by atoms with van der Waals surface area (Å²) >= 11 is 3.37. The standard InChI is InChI=1S/C18H20N4OS2/c1-19-16(23)9-17-20-12(11-24-17)10-22-8-4-6-14(22)18-21-13-5-2-3-7-15(13)25-18/h2-3,5,7,11,14H,4,6,8-10H2,1H3,(H,19,23)/t14-/m0/s1. The number of nitrogens with zero attached hydrogens (tertiary/aromatic N) is 3. The minimum atomic E-state index is 0.00873. The fourth-order valence-corrected chi connectivity index (χ4v) is 5.18. The molecule has 0 bridgehead atoms. The number of fused-ring (bicyclic) bond motifs is 1. The van der Waals surface area contributed by atoms with E-state index in [-0.39, 0.29) is 5.91 Å². The molecule has 3 heterocycles. The largest absolute Gasteiger partial charge is 0.359 e. The molecule has 4 rings (SSSR count). The predicted molar refractivity (Wildman–Crippen MR) is 102 cm³/mol. The average Bonchev–Trinajstić information content (AvgIpc) is 3.34. The number of hydrogen-bond donors (Lipinski definition) is 1. The summed E-state index contributed by atoms with van der Waals surface area (Å²) in [5.41, 5.74) is 2.15. The van der Waals surface area contributed by atoms with Crippen molar-refractivity contribution in [3.63, 3.8) is 0 Å². The molecule has 5 nitrogen and oxygen atoms in total. The average molecular weight is 373 g/mol. The zero-order valence-electron chi connectivity index (χ0n) is 14.1. The Kier molecular flexibility index (Phi) is 4.78. The number of likely N-dealkylation sites (tertiary alicyclic amines) is 1. The van der Waals surface area contributed by atoms with E-state index in [1.54, 1.807) is 29.7 Å². The van der Waals surface area contributed by atoms with Gasteiger partial charge >= 0.3 is 0 Å². The molecule has 2 aromatic heterocycles. The maximum absolute atomic E-state index is 11.5. The van der Waals surface area contributed by atoms with Gasteiger partial charge in [0.25, 0.3) is 0 Å². The molecule has 0 aliphatic carbocycles. The van der Waals surface area contributed by atoms with Crippen LogP contribution in [0, 0.1) is 0 Å². The van der Waals surface area contributed by atoms with Crippen LogP contribution in [-0.4, -0.2) is 34.4 Å². The van der Waals surface area contributed by atoms with Crippen LogP contribution in [0.15, 0.2) is 29.6 Å². The summed E-state index contributed by atoms with van der Waals surface area (Å²) in [6.07, 6.45) is 2.70. The summed E-state index contributed by atoms with van der Waals surface area (Å²) in [6.45, 7) is 1.90. The molecular weight excluding hydrogens is 352 g/mol. The number of rotatable bonds is 5. The van der Waals surface area contributed by atoms with Crippen LogP contribution in [0.4, 0.5) is 0 Å². The molecule has 1 N–H and O–H groups in total. The number of amides is 1. The van der Waals surface area contributed by atoms with E-state index in [4.69, 9.17) is 4.98 Å². The first kappa shape index (κ1) is 16.6. The molecule has 1 aliphatic heterocycles. The summed E-state index contributed by atoms with van der Waals surface area (Å²) in [4.78, 5) is 23.4. The molecule has 0 radical (unpaired) electrons. The summed E-state index contributed by atoms with van der Waals surface area (Å²) in [5.74, 6) is 0.00873. The molecule has 130 valence electrons. The van der Waals surface area contributed by atoms with E-state index >= 15 is 0 Å². The van der Waals surface area contributed by atoms with E-state index < -0.39 is 0 Å².